The molecule has 0 heterocycles. The molecule has 0 aliphatic carbocycles. The van der Waals surface area contributed by atoms with E-state index in [4.69, 9.17) is 5.11 Å². The van der Waals surface area contributed by atoms with Gasteiger partial charge in [-0.05, 0) is 30.5 Å². The van der Waals surface area contributed by atoms with Crippen molar-refractivity contribution < 1.29 is 9.90 Å². The van der Waals surface area contributed by atoms with Gasteiger partial charge in [0.2, 0.25) is 0 Å². The van der Waals surface area contributed by atoms with Crippen LogP contribution in [0.5, 0.6) is 0 Å². The van der Waals surface area contributed by atoms with Gasteiger partial charge in [-0.25, -0.2) is 4.79 Å². The molecule has 0 aliphatic heterocycles. The average Bonchev–Trinajstić information content (AvgIpc) is 2.35. The molecule has 0 aromatic heterocycles. The second kappa shape index (κ2) is 6.40. The number of aromatic carboxylic acids is 1. The van der Waals surface area contributed by atoms with Gasteiger partial charge in [0.1, 0.15) is 0 Å². The van der Waals surface area contributed by atoms with Crippen LogP contribution in [0.2, 0.25) is 0 Å². The summed E-state index contributed by atoms with van der Waals surface area (Å²) in [7, 11) is 0. The molecule has 0 radical (unpaired) electrons. The van der Waals surface area contributed by atoms with Crippen molar-refractivity contribution in [2.24, 2.45) is 5.92 Å². The van der Waals surface area contributed by atoms with Gasteiger partial charge in [0.25, 0.3) is 0 Å². The van der Waals surface area contributed by atoms with E-state index in [-0.39, 0.29) is 0 Å². The van der Waals surface area contributed by atoms with Crippen LogP contribution >= 0.6 is 0 Å². The maximum atomic E-state index is 10.7. The Hall–Kier alpha value is -1.35. The lowest BCUT2D eigenvalue weighted by atomic mass is 10.0. The van der Waals surface area contributed by atoms with Gasteiger partial charge < -0.3 is 10.4 Å². The molecule has 0 amide bonds. The first-order valence-corrected chi connectivity index (χ1v) is 6.10. The molecule has 0 spiro atoms. The number of benzene rings is 1. The quantitative estimate of drug-likeness (QED) is 0.797. The van der Waals surface area contributed by atoms with E-state index in [9.17, 15) is 4.79 Å². The maximum absolute atomic E-state index is 10.7. The Kier molecular flexibility index (Phi) is 5.16. The van der Waals surface area contributed by atoms with Crippen LogP contribution in [0.1, 0.15) is 43.1 Å². The number of carbonyl (C=O) groups is 1. The smallest absolute Gasteiger partial charge is 0.335 e. The second-order valence-electron chi connectivity index (χ2n) is 4.56. The molecule has 0 saturated heterocycles. The summed E-state index contributed by atoms with van der Waals surface area (Å²) in [6.45, 7) is 7.38. The van der Waals surface area contributed by atoms with Crippen molar-refractivity contribution in [3.63, 3.8) is 0 Å². The second-order valence-corrected chi connectivity index (χ2v) is 4.56. The zero-order valence-electron chi connectivity index (χ0n) is 10.7. The van der Waals surface area contributed by atoms with E-state index in [0.29, 0.717) is 17.5 Å². The van der Waals surface area contributed by atoms with Gasteiger partial charge >= 0.3 is 5.97 Å². The molecule has 0 bridgehead atoms. The van der Waals surface area contributed by atoms with Crippen molar-refractivity contribution in [2.75, 3.05) is 0 Å². The molecular weight excluding hydrogens is 214 g/mol. The minimum atomic E-state index is -0.877. The van der Waals surface area contributed by atoms with Gasteiger partial charge in [-0.15, -0.1) is 0 Å². The molecule has 94 valence electrons. The highest BCUT2D eigenvalue weighted by atomic mass is 16.4. The Labute approximate surface area is 103 Å². The predicted molar refractivity (Wildman–Crippen MR) is 69.2 cm³/mol. The molecule has 2 N–H and O–H groups in total. The monoisotopic (exact) mass is 235 g/mol. The van der Waals surface area contributed by atoms with Gasteiger partial charge in [0.05, 0.1) is 5.56 Å². The van der Waals surface area contributed by atoms with Crippen LogP contribution in [0, 0.1) is 5.92 Å². The standard InChI is InChI=1S/C14H21NO2/c1-4-10(2)11(3)15-9-12-5-7-13(8-6-12)14(16)17/h5-8,10-11,15H,4,9H2,1-3H3,(H,16,17). The zero-order chi connectivity index (χ0) is 12.8. The first kappa shape index (κ1) is 13.7. The third kappa shape index (κ3) is 4.19. The van der Waals surface area contributed by atoms with Crippen molar-refractivity contribution in [2.45, 2.75) is 39.8 Å². The highest BCUT2D eigenvalue weighted by Crippen LogP contribution is 2.09. The first-order chi connectivity index (χ1) is 8.04. The summed E-state index contributed by atoms with van der Waals surface area (Å²) in [6, 6.07) is 7.49. The maximum Gasteiger partial charge on any atom is 0.335 e. The Bertz CT molecular complexity index is 359. The lowest BCUT2D eigenvalue weighted by Gasteiger charge is -2.19. The van der Waals surface area contributed by atoms with Gasteiger partial charge in [-0.3, -0.25) is 0 Å². The fourth-order valence-corrected chi connectivity index (χ4v) is 1.60. The van der Waals surface area contributed by atoms with Crippen LogP contribution < -0.4 is 5.32 Å². The van der Waals surface area contributed by atoms with Crippen LogP contribution in [-0.4, -0.2) is 17.1 Å². The lowest BCUT2D eigenvalue weighted by Crippen LogP contribution is -2.31. The largest absolute Gasteiger partial charge is 0.478 e. The van der Waals surface area contributed by atoms with Gasteiger partial charge in [0, 0.05) is 12.6 Å². The molecule has 3 nitrogen and oxygen atoms in total. The minimum absolute atomic E-state index is 0.337. The van der Waals surface area contributed by atoms with E-state index < -0.39 is 5.97 Å². The highest BCUT2D eigenvalue weighted by molar-refractivity contribution is 5.87. The predicted octanol–water partition coefficient (Wildman–Crippen LogP) is 2.91. The molecule has 0 fully saturated rings. The fraction of sp³-hybridized carbons (Fsp3) is 0.500. The summed E-state index contributed by atoms with van der Waals surface area (Å²) in [5, 5.41) is 12.2. The summed E-state index contributed by atoms with van der Waals surface area (Å²) in [5.74, 6) is -0.231. The molecule has 0 saturated carbocycles. The number of hydrogen-bond donors (Lipinski definition) is 2. The van der Waals surface area contributed by atoms with Crippen LogP contribution in [0.25, 0.3) is 0 Å². The van der Waals surface area contributed by atoms with Crippen molar-refractivity contribution in [1.82, 2.24) is 5.32 Å². The van der Waals surface area contributed by atoms with E-state index in [1.807, 2.05) is 12.1 Å². The van der Waals surface area contributed by atoms with E-state index in [1.54, 1.807) is 12.1 Å². The normalized spacial score (nSPS) is 14.3. The van der Waals surface area contributed by atoms with Crippen LogP contribution in [0.3, 0.4) is 0 Å². The summed E-state index contributed by atoms with van der Waals surface area (Å²) < 4.78 is 0. The Morgan fingerprint density at radius 1 is 1.29 bits per heavy atom. The van der Waals surface area contributed by atoms with Crippen molar-refractivity contribution in [3.05, 3.63) is 35.4 Å². The van der Waals surface area contributed by atoms with Crippen LogP contribution in [-0.2, 0) is 6.54 Å². The van der Waals surface area contributed by atoms with E-state index in [1.165, 1.54) is 0 Å². The van der Waals surface area contributed by atoms with E-state index >= 15 is 0 Å². The van der Waals surface area contributed by atoms with Crippen molar-refractivity contribution in [3.8, 4) is 0 Å². The average molecular weight is 235 g/mol. The van der Waals surface area contributed by atoms with Crippen molar-refractivity contribution >= 4 is 5.97 Å². The minimum Gasteiger partial charge on any atom is -0.478 e. The molecule has 0 aliphatic rings. The van der Waals surface area contributed by atoms with Gasteiger partial charge in [0.15, 0.2) is 0 Å². The first-order valence-electron chi connectivity index (χ1n) is 6.10. The zero-order valence-corrected chi connectivity index (χ0v) is 10.7. The molecule has 2 atom stereocenters. The Morgan fingerprint density at radius 3 is 2.35 bits per heavy atom. The van der Waals surface area contributed by atoms with E-state index in [0.717, 1.165) is 18.5 Å². The molecule has 1 aromatic carbocycles. The topological polar surface area (TPSA) is 49.3 Å². The van der Waals surface area contributed by atoms with Crippen LogP contribution in [0.4, 0.5) is 0 Å². The molecule has 2 unspecified atom stereocenters. The number of rotatable bonds is 6. The highest BCUT2D eigenvalue weighted by Gasteiger charge is 2.09. The third-order valence-corrected chi connectivity index (χ3v) is 3.33. The Morgan fingerprint density at radius 2 is 1.88 bits per heavy atom. The molecule has 17 heavy (non-hydrogen) atoms. The lowest BCUT2D eigenvalue weighted by molar-refractivity contribution is 0.0697. The third-order valence-electron chi connectivity index (χ3n) is 3.33. The summed E-state index contributed by atoms with van der Waals surface area (Å²) in [6.07, 6.45) is 1.16. The molecule has 1 aromatic rings. The Balaban J connectivity index is 2.50. The van der Waals surface area contributed by atoms with Gasteiger partial charge in [-0.1, -0.05) is 32.4 Å². The van der Waals surface area contributed by atoms with Crippen molar-refractivity contribution in [1.29, 1.82) is 0 Å². The summed E-state index contributed by atoms with van der Waals surface area (Å²) in [5.41, 5.74) is 1.45. The van der Waals surface area contributed by atoms with Crippen LogP contribution in [0.15, 0.2) is 24.3 Å². The summed E-state index contributed by atoms with van der Waals surface area (Å²) >= 11 is 0. The molecular formula is C14H21NO2. The van der Waals surface area contributed by atoms with E-state index in [2.05, 4.69) is 26.1 Å². The number of nitrogens with one attached hydrogen (secondary N) is 1. The summed E-state index contributed by atoms with van der Waals surface area (Å²) in [4.78, 5) is 10.7. The fourth-order valence-electron chi connectivity index (χ4n) is 1.60. The SMILES string of the molecule is CCC(C)C(C)NCc1ccc(C(=O)O)cc1. The number of carboxylic acid groups (broad SMARTS) is 1. The number of hydrogen-bond acceptors (Lipinski definition) is 2. The molecule has 1 rings (SSSR count). The van der Waals surface area contributed by atoms with Gasteiger partial charge in [-0.2, -0.15) is 0 Å². The number of carboxylic acids is 1. The molecule has 3 heteroatoms.